The molecule has 1 atom stereocenters. The molecular weight excluding hydrogens is 262 g/mol. The van der Waals surface area contributed by atoms with Crippen LogP contribution in [0.4, 0.5) is 0 Å². The fraction of sp³-hybridized carbons (Fsp3) is 0.444. The Morgan fingerprint density at radius 3 is 2.48 bits per heavy atom. The summed E-state index contributed by atoms with van der Waals surface area (Å²) in [4.78, 5) is 0. The molecule has 1 N–H and O–H groups in total. The van der Waals surface area contributed by atoms with Crippen LogP contribution in [0, 0.1) is 20.8 Å². The molecule has 0 bridgehead atoms. The summed E-state index contributed by atoms with van der Waals surface area (Å²) < 4.78 is 11.3. The maximum absolute atomic E-state index is 5.72. The molecule has 0 radical (unpaired) electrons. The van der Waals surface area contributed by atoms with E-state index < -0.39 is 0 Å². The first-order valence-corrected chi connectivity index (χ1v) is 7.51. The second kappa shape index (κ2) is 6.81. The van der Waals surface area contributed by atoms with Crippen molar-refractivity contribution in [3.63, 3.8) is 0 Å². The maximum Gasteiger partial charge on any atom is 0.124 e. The molecule has 114 valence electrons. The van der Waals surface area contributed by atoms with Crippen LogP contribution >= 0.6 is 0 Å². The molecule has 3 nitrogen and oxygen atoms in total. The molecule has 3 heteroatoms. The fourth-order valence-corrected chi connectivity index (χ4v) is 2.69. The molecule has 1 aromatic carbocycles. The van der Waals surface area contributed by atoms with Crippen molar-refractivity contribution in [2.45, 2.75) is 40.2 Å². The third-order valence-electron chi connectivity index (χ3n) is 3.69. The quantitative estimate of drug-likeness (QED) is 0.860. The zero-order chi connectivity index (χ0) is 15.4. The highest BCUT2D eigenvalue weighted by Crippen LogP contribution is 2.33. The number of rotatable bonds is 6. The van der Waals surface area contributed by atoms with Gasteiger partial charge in [-0.25, -0.2) is 0 Å². The lowest BCUT2D eigenvalue weighted by Gasteiger charge is -2.21. The minimum absolute atomic E-state index is 0.0947. The van der Waals surface area contributed by atoms with Crippen molar-refractivity contribution in [3.8, 4) is 5.75 Å². The molecule has 0 fully saturated rings. The van der Waals surface area contributed by atoms with E-state index in [0.717, 1.165) is 35.8 Å². The number of hydrogen-bond acceptors (Lipinski definition) is 3. The smallest absolute Gasteiger partial charge is 0.124 e. The number of nitrogens with one attached hydrogen (secondary N) is 1. The van der Waals surface area contributed by atoms with Gasteiger partial charge < -0.3 is 14.5 Å². The Morgan fingerprint density at radius 2 is 1.90 bits per heavy atom. The topological polar surface area (TPSA) is 34.4 Å². The predicted molar refractivity (Wildman–Crippen MR) is 86.0 cm³/mol. The fourth-order valence-electron chi connectivity index (χ4n) is 2.69. The van der Waals surface area contributed by atoms with Crippen molar-refractivity contribution < 1.29 is 9.15 Å². The molecule has 1 unspecified atom stereocenters. The lowest BCUT2D eigenvalue weighted by Crippen LogP contribution is -2.24. The number of hydrogen-bond donors (Lipinski definition) is 1. The normalized spacial score (nSPS) is 12.4. The molecule has 2 rings (SSSR count). The van der Waals surface area contributed by atoms with E-state index in [-0.39, 0.29) is 6.04 Å². The first kappa shape index (κ1) is 15.6. The number of furan rings is 1. The summed E-state index contributed by atoms with van der Waals surface area (Å²) in [6.07, 6.45) is 1.08. The van der Waals surface area contributed by atoms with Gasteiger partial charge in [-0.2, -0.15) is 0 Å². The summed E-state index contributed by atoms with van der Waals surface area (Å²) in [5.41, 5.74) is 3.58. The van der Waals surface area contributed by atoms with Crippen molar-refractivity contribution >= 4 is 0 Å². The molecule has 0 aliphatic rings. The van der Waals surface area contributed by atoms with Crippen molar-refractivity contribution in [2.75, 3.05) is 13.7 Å². The first-order valence-electron chi connectivity index (χ1n) is 7.51. The Kier molecular flexibility index (Phi) is 5.07. The minimum Gasteiger partial charge on any atom is -0.496 e. The van der Waals surface area contributed by atoms with Crippen LogP contribution in [0.15, 0.2) is 28.7 Å². The summed E-state index contributed by atoms with van der Waals surface area (Å²) >= 11 is 0. The van der Waals surface area contributed by atoms with Gasteiger partial charge in [0, 0.05) is 11.1 Å². The minimum atomic E-state index is 0.0947. The molecule has 21 heavy (non-hydrogen) atoms. The summed E-state index contributed by atoms with van der Waals surface area (Å²) in [7, 11) is 1.72. The van der Waals surface area contributed by atoms with Crippen molar-refractivity contribution in [1.29, 1.82) is 0 Å². The Bertz CT molecular complexity index is 601. The van der Waals surface area contributed by atoms with Crippen molar-refractivity contribution in [2.24, 2.45) is 0 Å². The van der Waals surface area contributed by atoms with Gasteiger partial charge >= 0.3 is 0 Å². The predicted octanol–water partition coefficient (Wildman–Crippen LogP) is 4.30. The average Bonchev–Trinajstić information content (AvgIpc) is 2.78. The highest BCUT2D eigenvalue weighted by atomic mass is 16.5. The molecule has 0 aliphatic heterocycles. The zero-order valence-corrected chi connectivity index (χ0v) is 13.6. The largest absolute Gasteiger partial charge is 0.496 e. The first-order chi connectivity index (χ1) is 10.1. The monoisotopic (exact) mass is 287 g/mol. The van der Waals surface area contributed by atoms with E-state index in [1.807, 2.05) is 19.9 Å². The van der Waals surface area contributed by atoms with Gasteiger partial charge in [0.2, 0.25) is 0 Å². The van der Waals surface area contributed by atoms with Gasteiger partial charge in [0.15, 0.2) is 0 Å². The number of methoxy groups -OCH3 is 1. The van der Waals surface area contributed by atoms with E-state index >= 15 is 0 Å². The van der Waals surface area contributed by atoms with E-state index in [1.165, 1.54) is 11.1 Å². The summed E-state index contributed by atoms with van der Waals surface area (Å²) in [6.45, 7) is 9.23. The number of ether oxygens (including phenoxy) is 1. The molecular formula is C18H25NO2. The van der Waals surface area contributed by atoms with E-state index in [9.17, 15) is 0 Å². The molecule has 0 saturated heterocycles. The third-order valence-corrected chi connectivity index (χ3v) is 3.69. The average molecular weight is 287 g/mol. The molecule has 0 aliphatic carbocycles. The van der Waals surface area contributed by atoms with E-state index in [2.05, 4.69) is 37.4 Å². The standard InChI is InChI=1S/C18H25NO2/c1-6-9-19-18(15-11-13(3)21-14(15)4)16-10-12(2)7-8-17(16)20-5/h7-8,10-11,18-19H,6,9H2,1-5H3. The van der Waals surface area contributed by atoms with E-state index in [0.29, 0.717) is 0 Å². The van der Waals surface area contributed by atoms with Crippen LogP contribution in [0.2, 0.25) is 0 Å². The van der Waals surface area contributed by atoms with Gasteiger partial charge in [-0.05, 0) is 45.9 Å². The van der Waals surface area contributed by atoms with Crippen LogP contribution in [0.1, 0.15) is 47.6 Å². The summed E-state index contributed by atoms with van der Waals surface area (Å²) in [5, 5.41) is 3.62. The van der Waals surface area contributed by atoms with Crippen LogP contribution in [0.5, 0.6) is 5.75 Å². The Balaban J connectivity index is 2.50. The lowest BCUT2D eigenvalue weighted by molar-refractivity contribution is 0.403. The molecule has 1 heterocycles. The maximum atomic E-state index is 5.72. The Morgan fingerprint density at radius 1 is 1.14 bits per heavy atom. The van der Waals surface area contributed by atoms with Gasteiger partial charge in [0.25, 0.3) is 0 Å². The highest BCUT2D eigenvalue weighted by Gasteiger charge is 2.22. The Labute approximate surface area is 127 Å². The van der Waals surface area contributed by atoms with Gasteiger partial charge in [-0.15, -0.1) is 0 Å². The molecule has 1 aromatic heterocycles. The van der Waals surface area contributed by atoms with Crippen LogP contribution in [0.3, 0.4) is 0 Å². The van der Waals surface area contributed by atoms with Gasteiger partial charge in [-0.3, -0.25) is 0 Å². The van der Waals surface area contributed by atoms with Crippen LogP contribution in [-0.2, 0) is 0 Å². The lowest BCUT2D eigenvalue weighted by atomic mass is 9.96. The van der Waals surface area contributed by atoms with E-state index in [1.54, 1.807) is 7.11 Å². The number of aryl methyl sites for hydroxylation is 3. The highest BCUT2D eigenvalue weighted by molar-refractivity contribution is 5.44. The van der Waals surface area contributed by atoms with Crippen LogP contribution < -0.4 is 10.1 Å². The van der Waals surface area contributed by atoms with Crippen molar-refractivity contribution in [1.82, 2.24) is 5.32 Å². The molecule has 0 spiro atoms. The zero-order valence-electron chi connectivity index (χ0n) is 13.6. The van der Waals surface area contributed by atoms with Crippen molar-refractivity contribution in [3.05, 3.63) is 52.5 Å². The second-order valence-electron chi connectivity index (χ2n) is 5.50. The van der Waals surface area contributed by atoms with Gasteiger partial charge in [0.05, 0.1) is 13.2 Å². The molecule has 0 saturated carbocycles. The molecule has 0 amide bonds. The van der Waals surface area contributed by atoms with Gasteiger partial charge in [-0.1, -0.05) is 24.6 Å². The molecule has 2 aromatic rings. The Hall–Kier alpha value is -1.74. The van der Waals surface area contributed by atoms with Crippen LogP contribution in [-0.4, -0.2) is 13.7 Å². The van der Waals surface area contributed by atoms with Gasteiger partial charge in [0.1, 0.15) is 17.3 Å². The van der Waals surface area contributed by atoms with E-state index in [4.69, 9.17) is 9.15 Å². The number of benzene rings is 1. The van der Waals surface area contributed by atoms with Crippen LogP contribution in [0.25, 0.3) is 0 Å². The third kappa shape index (κ3) is 3.48. The summed E-state index contributed by atoms with van der Waals surface area (Å²) in [5.74, 6) is 2.81. The SMILES string of the molecule is CCCNC(c1cc(C)ccc1OC)c1cc(C)oc1C. The second-order valence-corrected chi connectivity index (χ2v) is 5.50. The summed E-state index contributed by atoms with van der Waals surface area (Å²) in [6, 6.07) is 8.51.